The molecule has 0 saturated heterocycles. The highest BCUT2D eigenvalue weighted by Crippen LogP contribution is 2.33. The molecule has 0 spiro atoms. The van der Waals surface area contributed by atoms with Gasteiger partial charge in [0.05, 0.1) is 17.1 Å². The number of hydrogen-bond acceptors (Lipinski definition) is 4. The third-order valence-electron chi connectivity index (χ3n) is 2.86. The molecule has 2 rings (SSSR count). The molecule has 0 unspecified atom stereocenters. The van der Waals surface area contributed by atoms with Crippen LogP contribution in [0.25, 0.3) is 0 Å². The Morgan fingerprint density at radius 2 is 2.05 bits per heavy atom. The normalized spacial score (nSPS) is 10.3. The number of nitro benzene ring substituents is 1. The van der Waals surface area contributed by atoms with Crippen LogP contribution in [0.15, 0.2) is 40.9 Å². The van der Waals surface area contributed by atoms with Crippen molar-refractivity contribution in [3.63, 3.8) is 0 Å². The fourth-order valence-electron chi connectivity index (χ4n) is 1.80. The summed E-state index contributed by atoms with van der Waals surface area (Å²) in [6.07, 6.45) is 0. The number of aliphatic hydroxyl groups is 1. The molecule has 0 saturated carbocycles. The third-order valence-corrected chi connectivity index (χ3v) is 3.36. The summed E-state index contributed by atoms with van der Waals surface area (Å²) in [5.74, 6) is 0.871. The van der Waals surface area contributed by atoms with Crippen LogP contribution in [0.2, 0.25) is 0 Å². The SMILES string of the molecule is Cc1c(Oc2ccc(Br)cc2CO)cccc1[N+](=O)[O-]. The lowest BCUT2D eigenvalue weighted by Crippen LogP contribution is -1.96. The van der Waals surface area contributed by atoms with E-state index in [0.29, 0.717) is 22.6 Å². The fourth-order valence-corrected chi connectivity index (χ4v) is 2.21. The van der Waals surface area contributed by atoms with E-state index in [0.717, 1.165) is 4.47 Å². The molecule has 0 bridgehead atoms. The zero-order chi connectivity index (χ0) is 14.7. The van der Waals surface area contributed by atoms with Crippen molar-refractivity contribution in [2.24, 2.45) is 0 Å². The van der Waals surface area contributed by atoms with Gasteiger partial charge in [0.1, 0.15) is 11.5 Å². The predicted octanol–water partition coefficient (Wildman–Crippen LogP) is 3.95. The van der Waals surface area contributed by atoms with Gasteiger partial charge in [0, 0.05) is 16.1 Å². The molecular weight excluding hydrogens is 326 g/mol. The lowest BCUT2D eigenvalue weighted by molar-refractivity contribution is -0.385. The summed E-state index contributed by atoms with van der Waals surface area (Å²) in [6.45, 7) is 1.45. The molecule has 2 aromatic rings. The maximum atomic E-state index is 10.9. The molecule has 104 valence electrons. The Kier molecular flexibility index (Phi) is 4.36. The van der Waals surface area contributed by atoms with E-state index in [2.05, 4.69) is 15.9 Å². The molecule has 0 heterocycles. The summed E-state index contributed by atoms with van der Waals surface area (Å²) in [5, 5.41) is 20.2. The minimum Gasteiger partial charge on any atom is -0.456 e. The quantitative estimate of drug-likeness (QED) is 0.677. The average molecular weight is 338 g/mol. The maximum absolute atomic E-state index is 10.9. The first-order valence-corrected chi connectivity index (χ1v) is 6.63. The molecule has 0 aliphatic heterocycles. The monoisotopic (exact) mass is 337 g/mol. The molecule has 0 fully saturated rings. The molecule has 2 aromatic carbocycles. The van der Waals surface area contributed by atoms with E-state index in [1.165, 1.54) is 6.07 Å². The van der Waals surface area contributed by atoms with Gasteiger partial charge in [-0.2, -0.15) is 0 Å². The molecule has 0 aliphatic carbocycles. The maximum Gasteiger partial charge on any atom is 0.276 e. The fraction of sp³-hybridized carbons (Fsp3) is 0.143. The topological polar surface area (TPSA) is 72.6 Å². The molecule has 1 N–H and O–H groups in total. The van der Waals surface area contributed by atoms with Crippen LogP contribution in [0, 0.1) is 17.0 Å². The van der Waals surface area contributed by atoms with Crippen LogP contribution >= 0.6 is 15.9 Å². The average Bonchev–Trinajstić information content (AvgIpc) is 2.42. The van der Waals surface area contributed by atoms with Gasteiger partial charge in [-0.1, -0.05) is 22.0 Å². The summed E-state index contributed by atoms with van der Waals surface area (Å²) < 4.78 is 6.52. The number of aliphatic hydroxyl groups excluding tert-OH is 1. The number of nitro groups is 1. The van der Waals surface area contributed by atoms with Gasteiger partial charge in [0.15, 0.2) is 0 Å². The first-order chi connectivity index (χ1) is 9.52. The van der Waals surface area contributed by atoms with Crippen molar-refractivity contribution in [3.05, 3.63) is 62.1 Å². The number of hydrogen-bond donors (Lipinski definition) is 1. The van der Waals surface area contributed by atoms with E-state index in [1.807, 2.05) is 0 Å². The molecule has 20 heavy (non-hydrogen) atoms. The number of halogens is 1. The minimum atomic E-state index is -0.448. The van der Waals surface area contributed by atoms with Crippen LogP contribution in [0.3, 0.4) is 0 Å². The van der Waals surface area contributed by atoms with E-state index in [-0.39, 0.29) is 12.3 Å². The van der Waals surface area contributed by atoms with Crippen molar-refractivity contribution >= 4 is 21.6 Å². The predicted molar refractivity (Wildman–Crippen MR) is 78.0 cm³/mol. The lowest BCUT2D eigenvalue weighted by Gasteiger charge is -2.12. The van der Waals surface area contributed by atoms with Gasteiger partial charge >= 0.3 is 0 Å². The molecule has 0 atom stereocenters. The standard InChI is InChI=1S/C14H12BrNO4/c1-9-12(16(18)19)3-2-4-13(9)20-14-6-5-11(15)7-10(14)8-17/h2-7,17H,8H2,1H3. The Balaban J connectivity index is 2.40. The van der Waals surface area contributed by atoms with Crippen LogP contribution in [0.4, 0.5) is 5.69 Å². The third kappa shape index (κ3) is 2.97. The van der Waals surface area contributed by atoms with E-state index >= 15 is 0 Å². The van der Waals surface area contributed by atoms with Gasteiger partial charge in [0.25, 0.3) is 5.69 Å². The molecule has 0 aliphatic rings. The number of ether oxygens (including phenoxy) is 1. The highest BCUT2D eigenvalue weighted by molar-refractivity contribution is 9.10. The van der Waals surface area contributed by atoms with Gasteiger partial charge in [0.2, 0.25) is 0 Å². The first kappa shape index (κ1) is 14.5. The second-order valence-corrected chi connectivity index (χ2v) is 5.09. The summed E-state index contributed by atoms with van der Waals surface area (Å²) >= 11 is 3.31. The van der Waals surface area contributed by atoms with E-state index in [4.69, 9.17) is 4.74 Å². The smallest absolute Gasteiger partial charge is 0.276 e. The van der Waals surface area contributed by atoms with Crippen molar-refractivity contribution in [2.45, 2.75) is 13.5 Å². The number of rotatable bonds is 4. The Morgan fingerprint density at radius 3 is 2.70 bits per heavy atom. The molecule has 0 radical (unpaired) electrons. The van der Waals surface area contributed by atoms with Crippen LogP contribution in [-0.4, -0.2) is 10.0 Å². The molecule has 6 heteroatoms. The van der Waals surface area contributed by atoms with Gasteiger partial charge in [-0.3, -0.25) is 10.1 Å². The van der Waals surface area contributed by atoms with Crippen LogP contribution in [0.1, 0.15) is 11.1 Å². The highest BCUT2D eigenvalue weighted by Gasteiger charge is 2.15. The molecular formula is C14H12BrNO4. The van der Waals surface area contributed by atoms with Gasteiger partial charge < -0.3 is 9.84 Å². The Morgan fingerprint density at radius 1 is 1.30 bits per heavy atom. The summed E-state index contributed by atoms with van der Waals surface area (Å²) in [7, 11) is 0. The highest BCUT2D eigenvalue weighted by atomic mass is 79.9. The zero-order valence-corrected chi connectivity index (χ0v) is 12.3. The van der Waals surface area contributed by atoms with Crippen LogP contribution in [-0.2, 0) is 6.61 Å². The van der Waals surface area contributed by atoms with Gasteiger partial charge in [-0.25, -0.2) is 0 Å². The summed E-state index contributed by atoms with van der Waals surface area (Å²) in [6, 6.07) is 9.87. The van der Waals surface area contributed by atoms with Crippen LogP contribution in [0.5, 0.6) is 11.5 Å². The largest absolute Gasteiger partial charge is 0.456 e. The number of benzene rings is 2. The number of nitrogens with zero attached hydrogens (tertiary/aromatic N) is 1. The lowest BCUT2D eigenvalue weighted by atomic mass is 10.1. The second-order valence-electron chi connectivity index (χ2n) is 4.17. The summed E-state index contributed by atoms with van der Waals surface area (Å²) in [4.78, 5) is 10.5. The Bertz CT molecular complexity index is 658. The zero-order valence-electron chi connectivity index (χ0n) is 10.7. The van der Waals surface area contributed by atoms with E-state index < -0.39 is 4.92 Å². The van der Waals surface area contributed by atoms with Gasteiger partial charge in [-0.05, 0) is 31.2 Å². The van der Waals surface area contributed by atoms with Crippen molar-refractivity contribution in [3.8, 4) is 11.5 Å². The van der Waals surface area contributed by atoms with E-state index in [9.17, 15) is 15.2 Å². The van der Waals surface area contributed by atoms with Gasteiger partial charge in [-0.15, -0.1) is 0 Å². The molecule has 0 amide bonds. The van der Waals surface area contributed by atoms with Crippen LogP contribution < -0.4 is 4.74 Å². The molecule has 0 aromatic heterocycles. The Labute approximate surface area is 124 Å². The van der Waals surface area contributed by atoms with Crippen molar-refractivity contribution in [1.82, 2.24) is 0 Å². The van der Waals surface area contributed by atoms with Crippen molar-refractivity contribution in [2.75, 3.05) is 0 Å². The summed E-state index contributed by atoms with van der Waals surface area (Å²) in [5.41, 5.74) is 1.06. The second kappa shape index (κ2) is 6.02. The van der Waals surface area contributed by atoms with Crippen molar-refractivity contribution in [1.29, 1.82) is 0 Å². The van der Waals surface area contributed by atoms with E-state index in [1.54, 1.807) is 37.3 Å². The Hall–Kier alpha value is -1.92. The minimum absolute atomic E-state index is 0.00478. The first-order valence-electron chi connectivity index (χ1n) is 5.84. The molecule has 5 nitrogen and oxygen atoms in total. The van der Waals surface area contributed by atoms with Crippen molar-refractivity contribution < 1.29 is 14.8 Å².